The molecule has 126 valence electrons. The number of nitrogens with zero attached hydrogens (tertiary/aromatic N) is 1. The van der Waals surface area contributed by atoms with Gasteiger partial charge >= 0.3 is 0 Å². The third-order valence-corrected chi connectivity index (χ3v) is 4.04. The fraction of sp³-hybridized carbons (Fsp3) is 0.500. The quantitative estimate of drug-likeness (QED) is 0.473. The zero-order valence-corrected chi connectivity index (χ0v) is 13.5. The van der Waals surface area contributed by atoms with Crippen molar-refractivity contribution in [3.63, 3.8) is 0 Å². The van der Waals surface area contributed by atoms with Crippen molar-refractivity contribution in [3.05, 3.63) is 24.3 Å². The Hall–Kier alpha value is -2.28. The van der Waals surface area contributed by atoms with E-state index in [1.165, 1.54) is 0 Å². The molecule has 7 nitrogen and oxygen atoms in total. The van der Waals surface area contributed by atoms with Crippen molar-refractivity contribution < 1.29 is 19.1 Å². The first-order valence-electron chi connectivity index (χ1n) is 7.65. The number of nitrogens with two attached hydrogens (primary N) is 1. The highest BCUT2D eigenvalue weighted by atomic mass is 16.5. The third-order valence-electron chi connectivity index (χ3n) is 4.04. The van der Waals surface area contributed by atoms with E-state index in [1.54, 1.807) is 31.1 Å². The van der Waals surface area contributed by atoms with Crippen LogP contribution < -0.4 is 20.7 Å². The van der Waals surface area contributed by atoms with Gasteiger partial charge < -0.3 is 14.4 Å². The second-order valence-electron chi connectivity index (χ2n) is 5.52. The van der Waals surface area contributed by atoms with E-state index in [-0.39, 0.29) is 17.7 Å². The van der Waals surface area contributed by atoms with Gasteiger partial charge in [-0.15, -0.1) is 0 Å². The van der Waals surface area contributed by atoms with Gasteiger partial charge in [-0.2, -0.15) is 0 Å². The molecule has 3 N–H and O–H groups in total. The lowest BCUT2D eigenvalue weighted by atomic mass is 9.96. The highest BCUT2D eigenvalue weighted by molar-refractivity contribution is 5.82. The minimum atomic E-state index is -0.619. The molecular weight excluding hydrogens is 298 g/mol. The van der Waals surface area contributed by atoms with Gasteiger partial charge in [0.05, 0.1) is 7.11 Å². The summed E-state index contributed by atoms with van der Waals surface area (Å²) in [6.07, 6.45) is 0.595. The van der Waals surface area contributed by atoms with Crippen LogP contribution in [-0.4, -0.2) is 43.0 Å². The second kappa shape index (κ2) is 7.82. The van der Waals surface area contributed by atoms with Gasteiger partial charge in [-0.3, -0.25) is 15.0 Å². The van der Waals surface area contributed by atoms with Crippen molar-refractivity contribution in [3.8, 4) is 11.5 Å². The van der Waals surface area contributed by atoms with Gasteiger partial charge in [0.15, 0.2) is 17.6 Å². The molecule has 1 saturated heterocycles. The van der Waals surface area contributed by atoms with E-state index >= 15 is 0 Å². The Morgan fingerprint density at radius 3 is 2.43 bits per heavy atom. The molecule has 7 heteroatoms. The molecule has 0 spiro atoms. The first-order valence-corrected chi connectivity index (χ1v) is 7.65. The number of piperidine rings is 1. The molecule has 1 aliphatic heterocycles. The number of hydrazine groups is 1. The first-order chi connectivity index (χ1) is 11.1. The monoisotopic (exact) mass is 321 g/mol. The van der Waals surface area contributed by atoms with Crippen LogP contribution in [0.2, 0.25) is 0 Å². The van der Waals surface area contributed by atoms with Crippen molar-refractivity contribution in [1.82, 2.24) is 10.3 Å². The number of benzene rings is 1. The molecule has 1 unspecified atom stereocenters. The lowest BCUT2D eigenvalue weighted by Gasteiger charge is -2.32. The highest BCUT2D eigenvalue weighted by Crippen LogP contribution is 2.27. The predicted octanol–water partition coefficient (Wildman–Crippen LogP) is 0.691. The molecule has 0 aromatic heterocycles. The maximum Gasteiger partial charge on any atom is 0.263 e. The molecule has 1 aromatic carbocycles. The van der Waals surface area contributed by atoms with Crippen molar-refractivity contribution in [2.45, 2.75) is 25.9 Å². The first kappa shape index (κ1) is 17.1. The van der Waals surface area contributed by atoms with Crippen LogP contribution in [0.5, 0.6) is 11.5 Å². The summed E-state index contributed by atoms with van der Waals surface area (Å²) in [5.74, 6) is 5.87. The number of hydrogen-bond acceptors (Lipinski definition) is 5. The van der Waals surface area contributed by atoms with Crippen molar-refractivity contribution in [2.24, 2.45) is 11.8 Å². The Kier molecular flexibility index (Phi) is 5.81. The van der Waals surface area contributed by atoms with Crippen LogP contribution in [0.1, 0.15) is 19.8 Å². The Labute approximate surface area is 135 Å². The van der Waals surface area contributed by atoms with Crippen molar-refractivity contribution in [1.29, 1.82) is 0 Å². The van der Waals surface area contributed by atoms with Crippen LogP contribution in [0.25, 0.3) is 0 Å². The van der Waals surface area contributed by atoms with Crippen LogP contribution in [0.4, 0.5) is 0 Å². The number of carbonyl (C=O) groups excluding carboxylic acids is 2. The van der Waals surface area contributed by atoms with E-state index in [9.17, 15) is 9.59 Å². The van der Waals surface area contributed by atoms with Crippen LogP contribution in [0, 0.1) is 5.92 Å². The van der Waals surface area contributed by atoms with Gasteiger partial charge in [0, 0.05) is 19.0 Å². The molecule has 0 bridgehead atoms. The van der Waals surface area contributed by atoms with Crippen LogP contribution in [-0.2, 0) is 9.59 Å². The van der Waals surface area contributed by atoms with Crippen LogP contribution in [0.15, 0.2) is 24.3 Å². The number of rotatable bonds is 5. The molecule has 1 aliphatic rings. The number of ether oxygens (including phenoxy) is 2. The maximum absolute atomic E-state index is 12.5. The summed E-state index contributed by atoms with van der Waals surface area (Å²) in [4.78, 5) is 25.7. The molecule has 0 radical (unpaired) electrons. The lowest BCUT2D eigenvalue weighted by molar-refractivity contribution is -0.141. The summed E-state index contributed by atoms with van der Waals surface area (Å²) < 4.78 is 10.9. The Morgan fingerprint density at radius 1 is 1.26 bits per heavy atom. The molecular formula is C16H23N3O4. The smallest absolute Gasteiger partial charge is 0.263 e. The molecule has 2 rings (SSSR count). The molecule has 2 amide bonds. The number of hydrogen-bond donors (Lipinski definition) is 2. The van der Waals surface area contributed by atoms with Crippen LogP contribution >= 0.6 is 0 Å². The zero-order chi connectivity index (χ0) is 16.8. The van der Waals surface area contributed by atoms with Gasteiger partial charge in [-0.25, -0.2) is 5.84 Å². The van der Waals surface area contributed by atoms with E-state index < -0.39 is 6.10 Å². The predicted molar refractivity (Wildman–Crippen MR) is 84.7 cm³/mol. The second-order valence-corrected chi connectivity index (χ2v) is 5.52. The van der Waals surface area contributed by atoms with Gasteiger partial charge in [-0.05, 0) is 31.9 Å². The maximum atomic E-state index is 12.5. The average molecular weight is 321 g/mol. The van der Waals surface area contributed by atoms with E-state index in [0.717, 1.165) is 0 Å². The standard InChI is InChI=1S/C16H23N3O4/c1-11(23-14-6-4-3-5-13(14)22-2)16(21)19-9-7-12(8-10-19)15(20)18-17/h3-6,11-12H,7-10,17H2,1-2H3,(H,18,20). The molecule has 1 aromatic rings. The average Bonchev–Trinajstić information content (AvgIpc) is 2.61. The van der Waals surface area contributed by atoms with Gasteiger partial charge in [-0.1, -0.05) is 12.1 Å². The lowest BCUT2D eigenvalue weighted by Crippen LogP contribution is -2.47. The highest BCUT2D eigenvalue weighted by Gasteiger charge is 2.30. The van der Waals surface area contributed by atoms with E-state index in [4.69, 9.17) is 15.3 Å². The molecule has 1 fully saturated rings. The number of carbonyl (C=O) groups is 2. The minimum Gasteiger partial charge on any atom is -0.493 e. The topological polar surface area (TPSA) is 93.9 Å². The summed E-state index contributed by atoms with van der Waals surface area (Å²) in [5, 5.41) is 0. The Morgan fingerprint density at radius 2 is 1.87 bits per heavy atom. The number of nitrogens with one attached hydrogen (secondary N) is 1. The molecule has 0 saturated carbocycles. The summed E-state index contributed by atoms with van der Waals surface area (Å²) in [7, 11) is 1.56. The molecule has 23 heavy (non-hydrogen) atoms. The fourth-order valence-electron chi connectivity index (χ4n) is 2.69. The Bertz CT molecular complexity index is 556. The van der Waals surface area contributed by atoms with Gasteiger partial charge in [0.1, 0.15) is 0 Å². The summed E-state index contributed by atoms with van der Waals surface area (Å²) in [6, 6.07) is 7.21. The van der Waals surface area contributed by atoms with Gasteiger partial charge in [0.2, 0.25) is 5.91 Å². The summed E-state index contributed by atoms with van der Waals surface area (Å²) in [6.45, 7) is 2.76. The normalized spacial score (nSPS) is 16.6. The number of para-hydroxylation sites is 2. The molecule has 0 aliphatic carbocycles. The van der Waals surface area contributed by atoms with Crippen molar-refractivity contribution >= 4 is 11.8 Å². The number of amides is 2. The van der Waals surface area contributed by atoms with Gasteiger partial charge in [0.25, 0.3) is 5.91 Å². The largest absolute Gasteiger partial charge is 0.493 e. The van der Waals surface area contributed by atoms with E-state index in [2.05, 4.69) is 5.43 Å². The summed E-state index contributed by atoms with van der Waals surface area (Å²) >= 11 is 0. The van der Waals surface area contributed by atoms with E-state index in [0.29, 0.717) is 37.4 Å². The van der Waals surface area contributed by atoms with E-state index in [1.807, 2.05) is 12.1 Å². The molecule has 1 atom stereocenters. The molecule has 1 heterocycles. The minimum absolute atomic E-state index is 0.0949. The number of likely N-dealkylation sites (tertiary alicyclic amines) is 1. The zero-order valence-electron chi connectivity index (χ0n) is 13.5. The summed E-state index contributed by atoms with van der Waals surface area (Å²) in [5.41, 5.74) is 2.17. The number of methoxy groups -OCH3 is 1. The Balaban J connectivity index is 1.92. The SMILES string of the molecule is COc1ccccc1OC(C)C(=O)N1CCC(C(=O)NN)CC1. The fourth-order valence-corrected chi connectivity index (χ4v) is 2.69. The van der Waals surface area contributed by atoms with Crippen LogP contribution in [0.3, 0.4) is 0 Å². The van der Waals surface area contributed by atoms with Crippen molar-refractivity contribution in [2.75, 3.05) is 20.2 Å². The third kappa shape index (κ3) is 4.13.